The topological polar surface area (TPSA) is 33.5 Å². The highest BCUT2D eigenvalue weighted by molar-refractivity contribution is 9.09. The molecule has 1 aromatic heterocycles. The van der Waals surface area contributed by atoms with Crippen LogP contribution in [-0.2, 0) is 0 Å². The second-order valence-corrected chi connectivity index (χ2v) is 5.39. The second kappa shape index (κ2) is 4.39. The van der Waals surface area contributed by atoms with Crippen LogP contribution in [0.15, 0.2) is 22.8 Å². The summed E-state index contributed by atoms with van der Waals surface area (Å²) in [5, 5.41) is 0. The summed E-state index contributed by atoms with van der Waals surface area (Å²) in [6, 6.07) is 3.44. The van der Waals surface area contributed by atoms with E-state index in [4.69, 9.17) is 4.42 Å². The van der Waals surface area contributed by atoms with Crippen LogP contribution < -0.4 is 0 Å². The molecule has 1 aliphatic rings. The number of nitrogens with zero attached hydrogens (tertiary/aromatic N) is 1. The lowest BCUT2D eigenvalue weighted by atomic mass is 9.85. The van der Waals surface area contributed by atoms with E-state index in [0.29, 0.717) is 16.5 Å². The predicted octanol–water partition coefficient (Wildman–Crippen LogP) is 2.53. The predicted molar refractivity (Wildman–Crippen MR) is 61.1 cm³/mol. The lowest BCUT2D eigenvalue weighted by molar-refractivity contribution is 0.0717. The average Bonchev–Trinajstić information content (AvgIpc) is 2.66. The summed E-state index contributed by atoms with van der Waals surface area (Å²) in [6.07, 6.45) is 3.85. The van der Waals surface area contributed by atoms with Crippen molar-refractivity contribution in [1.82, 2.24) is 4.90 Å². The maximum atomic E-state index is 11.8. The fourth-order valence-electron chi connectivity index (χ4n) is 1.86. The van der Waals surface area contributed by atoms with E-state index in [0.717, 1.165) is 19.4 Å². The highest BCUT2D eigenvalue weighted by Crippen LogP contribution is 2.33. The maximum Gasteiger partial charge on any atom is 0.289 e. The molecule has 1 aliphatic carbocycles. The molecule has 1 heterocycles. The lowest BCUT2D eigenvalue weighted by Gasteiger charge is -2.34. The molecule has 0 aliphatic heterocycles. The minimum absolute atomic E-state index is 0.0296. The van der Waals surface area contributed by atoms with Gasteiger partial charge in [0.1, 0.15) is 0 Å². The molecule has 0 radical (unpaired) electrons. The molecule has 4 heteroatoms. The Morgan fingerprint density at radius 1 is 1.67 bits per heavy atom. The Morgan fingerprint density at radius 3 is 2.93 bits per heavy atom. The van der Waals surface area contributed by atoms with Gasteiger partial charge in [-0.2, -0.15) is 0 Å². The van der Waals surface area contributed by atoms with Crippen LogP contribution in [0.3, 0.4) is 0 Å². The van der Waals surface area contributed by atoms with Crippen molar-refractivity contribution < 1.29 is 9.21 Å². The van der Waals surface area contributed by atoms with Crippen molar-refractivity contribution >= 4 is 21.8 Å². The fraction of sp³-hybridized carbons (Fsp3) is 0.545. The van der Waals surface area contributed by atoms with Crippen LogP contribution in [0.25, 0.3) is 0 Å². The van der Waals surface area contributed by atoms with E-state index >= 15 is 0 Å². The Kier molecular flexibility index (Phi) is 3.14. The maximum absolute atomic E-state index is 11.8. The Hall–Kier alpha value is -0.770. The highest BCUT2D eigenvalue weighted by Gasteiger charge is 2.29. The number of carbonyl (C=O) groups excluding carboxylic acids is 1. The molecule has 15 heavy (non-hydrogen) atoms. The standard InChI is InChI=1S/C11H14BrNO2/c1-13(7-8-5-9(12)6-8)11(14)10-3-2-4-15-10/h2-4,8-9H,5-7H2,1H3. The van der Waals surface area contributed by atoms with Crippen LogP contribution >= 0.6 is 15.9 Å². The molecular formula is C11H14BrNO2. The van der Waals surface area contributed by atoms with Crippen molar-refractivity contribution in [2.24, 2.45) is 5.92 Å². The molecule has 1 saturated carbocycles. The van der Waals surface area contributed by atoms with Crippen molar-refractivity contribution in [2.45, 2.75) is 17.7 Å². The SMILES string of the molecule is CN(CC1CC(Br)C1)C(=O)c1ccco1. The first-order chi connectivity index (χ1) is 7.16. The molecule has 0 spiro atoms. The number of hydrogen-bond donors (Lipinski definition) is 0. The summed E-state index contributed by atoms with van der Waals surface area (Å²) in [5.41, 5.74) is 0. The van der Waals surface area contributed by atoms with E-state index in [2.05, 4.69) is 15.9 Å². The van der Waals surface area contributed by atoms with Crippen LogP contribution in [0.4, 0.5) is 0 Å². The molecule has 0 atom stereocenters. The Balaban J connectivity index is 1.86. The van der Waals surface area contributed by atoms with E-state index in [1.807, 2.05) is 7.05 Å². The fourth-order valence-corrected chi connectivity index (χ4v) is 2.92. The van der Waals surface area contributed by atoms with Gasteiger partial charge in [-0.3, -0.25) is 4.79 Å². The van der Waals surface area contributed by atoms with Gasteiger partial charge in [-0.15, -0.1) is 0 Å². The summed E-state index contributed by atoms with van der Waals surface area (Å²) in [5.74, 6) is 1.03. The van der Waals surface area contributed by atoms with Gasteiger partial charge in [0.2, 0.25) is 0 Å². The van der Waals surface area contributed by atoms with Crippen LogP contribution in [0.2, 0.25) is 0 Å². The third-order valence-corrected chi connectivity index (χ3v) is 3.54. The van der Waals surface area contributed by atoms with Gasteiger partial charge in [0, 0.05) is 18.4 Å². The van der Waals surface area contributed by atoms with Gasteiger partial charge in [-0.05, 0) is 30.9 Å². The van der Waals surface area contributed by atoms with E-state index < -0.39 is 0 Å². The van der Waals surface area contributed by atoms with Crippen molar-refractivity contribution in [1.29, 1.82) is 0 Å². The Labute approximate surface area is 97.6 Å². The zero-order chi connectivity index (χ0) is 10.8. The summed E-state index contributed by atoms with van der Waals surface area (Å²) in [7, 11) is 1.83. The number of hydrogen-bond acceptors (Lipinski definition) is 2. The van der Waals surface area contributed by atoms with E-state index in [1.165, 1.54) is 6.26 Å². The van der Waals surface area contributed by atoms with Gasteiger partial charge in [-0.25, -0.2) is 0 Å². The second-order valence-electron chi connectivity index (χ2n) is 4.10. The third-order valence-electron chi connectivity index (χ3n) is 2.79. The van der Waals surface area contributed by atoms with E-state index in [1.54, 1.807) is 17.0 Å². The summed E-state index contributed by atoms with van der Waals surface area (Å²) in [4.78, 5) is 14.2. The molecule has 2 rings (SSSR count). The number of halogens is 1. The normalized spacial score (nSPS) is 24.7. The van der Waals surface area contributed by atoms with Gasteiger partial charge in [0.15, 0.2) is 5.76 Å². The van der Waals surface area contributed by atoms with Gasteiger partial charge >= 0.3 is 0 Å². The van der Waals surface area contributed by atoms with Crippen LogP contribution in [0.5, 0.6) is 0 Å². The van der Waals surface area contributed by atoms with Crippen molar-refractivity contribution in [2.75, 3.05) is 13.6 Å². The van der Waals surface area contributed by atoms with Gasteiger partial charge in [0.25, 0.3) is 5.91 Å². The lowest BCUT2D eigenvalue weighted by Crippen LogP contribution is -2.37. The minimum Gasteiger partial charge on any atom is -0.459 e. The van der Waals surface area contributed by atoms with Gasteiger partial charge in [-0.1, -0.05) is 15.9 Å². The number of carbonyl (C=O) groups is 1. The molecule has 0 bridgehead atoms. The molecule has 3 nitrogen and oxygen atoms in total. The van der Waals surface area contributed by atoms with Crippen molar-refractivity contribution in [3.05, 3.63) is 24.2 Å². The highest BCUT2D eigenvalue weighted by atomic mass is 79.9. The summed E-state index contributed by atoms with van der Waals surface area (Å²) < 4.78 is 5.07. The van der Waals surface area contributed by atoms with Crippen LogP contribution in [-0.4, -0.2) is 29.2 Å². The Morgan fingerprint density at radius 2 is 2.40 bits per heavy atom. The number of amides is 1. The number of furan rings is 1. The van der Waals surface area contributed by atoms with Crippen LogP contribution in [0, 0.1) is 5.92 Å². The third kappa shape index (κ3) is 2.43. The largest absolute Gasteiger partial charge is 0.459 e. The molecule has 0 aromatic carbocycles. The first-order valence-electron chi connectivity index (χ1n) is 5.10. The monoisotopic (exact) mass is 271 g/mol. The molecule has 82 valence electrons. The zero-order valence-electron chi connectivity index (χ0n) is 8.65. The number of rotatable bonds is 3. The number of alkyl halides is 1. The minimum atomic E-state index is -0.0296. The van der Waals surface area contributed by atoms with Crippen molar-refractivity contribution in [3.8, 4) is 0 Å². The van der Waals surface area contributed by atoms with Gasteiger partial charge in [0.05, 0.1) is 6.26 Å². The molecular weight excluding hydrogens is 258 g/mol. The molecule has 1 aromatic rings. The quantitative estimate of drug-likeness (QED) is 0.792. The first kappa shape index (κ1) is 10.7. The van der Waals surface area contributed by atoms with Crippen LogP contribution in [0.1, 0.15) is 23.4 Å². The smallest absolute Gasteiger partial charge is 0.289 e. The summed E-state index contributed by atoms with van der Waals surface area (Å²) in [6.45, 7) is 0.821. The molecule has 0 unspecified atom stereocenters. The molecule has 0 N–H and O–H groups in total. The Bertz CT molecular complexity index is 330. The van der Waals surface area contributed by atoms with E-state index in [9.17, 15) is 4.79 Å². The average molecular weight is 272 g/mol. The van der Waals surface area contributed by atoms with Crippen molar-refractivity contribution in [3.63, 3.8) is 0 Å². The van der Waals surface area contributed by atoms with Gasteiger partial charge < -0.3 is 9.32 Å². The molecule has 1 fully saturated rings. The first-order valence-corrected chi connectivity index (χ1v) is 6.01. The molecule has 1 amide bonds. The molecule has 0 saturated heterocycles. The zero-order valence-corrected chi connectivity index (χ0v) is 10.2. The summed E-state index contributed by atoms with van der Waals surface area (Å²) >= 11 is 3.54. The van der Waals surface area contributed by atoms with E-state index in [-0.39, 0.29) is 5.91 Å².